The van der Waals surface area contributed by atoms with Crippen LogP contribution in [-0.4, -0.2) is 28.4 Å². The Morgan fingerprint density at radius 2 is 1.36 bits per heavy atom. The number of benzene rings is 3. The van der Waals surface area contributed by atoms with Crippen molar-refractivity contribution in [2.24, 2.45) is 10.8 Å². The van der Waals surface area contributed by atoms with Crippen LogP contribution in [0, 0.1) is 43.4 Å². The van der Waals surface area contributed by atoms with Crippen LogP contribution in [0.15, 0.2) is 59.6 Å². The minimum Gasteiger partial charge on any atom is -0.399 e. The molecule has 236 valence electrons. The first kappa shape index (κ1) is 41.1. The number of anilines is 1. The summed E-state index contributed by atoms with van der Waals surface area (Å²) in [5.41, 5.74) is 12.8. The Hall–Kier alpha value is -3.90. The molecule has 0 atom stereocenters. The Morgan fingerprint density at radius 1 is 0.844 bits per heavy atom. The Kier molecular flexibility index (Phi) is 21.4. The molecule has 0 aliphatic rings. The van der Waals surface area contributed by atoms with E-state index < -0.39 is 5.91 Å². The summed E-state index contributed by atoms with van der Waals surface area (Å²) >= 11 is 27.2. The van der Waals surface area contributed by atoms with Gasteiger partial charge in [0.25, 0.3) is 0 Å². The van der Waals surface area contributed by atoms with Crippen LogP contribution in [0.1, 0.15) is 35.1 Å². The van der Waals surface area contributed by atoms with Gasteiger partial charge in [0, 0.05) is 38.6 Å². The zero-order valence-corrected chi connectivity index (χ0v) is 28.7. The number of hydrogen-bond acceptors (Lipinski definition) is 9. The van der Waals surface area contributed by atoms with Crippen molar-refractivity contribution in [2.45, 2.75) is 40.0 Å². The maximum Gasteiger partial charge on any atom is 0.248 e. The van der Waals surface area contributed by atoms with Crippen LogP contribution < -0.4 is 22.3 Å². The first-order valence-electron chi connectivity index (χ1n) is 12.9. The summed E-state index contributed by atoms with van der Waals surface area (Å²) in [5, 5.41) is 23.2. The van der Waals surface area contributed by atoms with E-state index in [1.54, 1.807) is 29.7 Å². The Morgan fingerprint density at radius 3 is 1.80 bits per heavy atom. The molecule has 3 rings (SSSR count). The molecule has 0 unspecified atom stereocenters. The molecule has 0 aromatic heterocycles. The van der Waals surface area contributed by atoms with Gasteiger partial charge in [-0.3, -0.25) is 15.0 Å². The summed E-state index contributed by atoms with van der Waals surface area (Å²) in [5.74, 6) is 3.85. The molecule has 0 spiro atoms. The highest BCUT2D eigenvalue weighted by Crippen LogP contribution is 2.21. The summed E-state index contributed by atoms with van der Waals surface area (Å²) < 4.78 is 0. The highest BCUT2D eigenvalue weighted by molar-refractivity contribution is 7.80. The molecule has 14 heteroatoms. The standard InChI is InChI=1S/C13H13ClN2OS.C8H6ClNS.C7H8ClN.C3H5N3O/c1-9-2-3-10(7-12(9)14)6-11(18)8-16-13(17)4-5-15;1-6-2-3-7(10-5-11)4-8(6)9;1-5-2-3-6(9)4-7(5)8;4-2-1-3(7)6-5/h2-3,7H,4,6,8H2,1H3,(H,16,17);2-4H,1H3;2-4H,9H2,1H3;1,5H2,(H,6,7). The topological polar surface area (TPSA) is 170 Å². The molecule has 2 amide bonds. The number of aryl methyl sites for hydroxylation is 3. The smallest absolute Gasteiger partial charge is 0.248 e. The van der Waals surface area contributed by atoms with Crippen molar-refractivity contribution in [3.63, 3.8) is 0 Å². The van der Waals surface area contributed by atoms with E-state index in [0.717, 1.165) is 33.0 Å². The van der Waals surface area contributed by atoms with Gasteiger partial charge in [-0.1, -0.05) is 71.3 Å². The zero-order valence-electron chi connectivity index (χ0n) is 24.8. The van der Waals surface area contributed by atoms with Crippen LogP contribution >= 0.6 is 59.2 Å². The van der Waals surface area contributed by atoms with Gasteiger partial charge in [0.05, 0.1) is 23.0 Å². The number of aliphatic imine (C=N–C) groups is 1. The lowest BCUT2D eigenvalue weighted by molar-refractivity contribution is -0.120. The highest BCUT2D eigenvalue weighted by Gasteiger charge is 2.05. The van der Waals surface area contributed by atoms with Gasteiger partial charge in [0.15, 0.2) is 0 Å². The van der Waals surface area contributed by atoms with E-state index in [1.165, 1.54) is 0 Å². The minimum absolute atomic E-state index is 0.140. The highest BCUT2D eigenvalue weighted by atomic mass is 35.5. The lowest BCUT2D eigenvalue weighted by atomic mass is 10.1. The fraction of sp³-hybridized carbons (Fsp3) is 0.226. The number of nitrogens with two attached hydrogens (primary N) is 2. The number of amides is 2. The third-order valence-corrected chi connectivity index (χ3v) is 6.89. The van der Waals surface area contributed by atoms with Crippen molar-refractivity contribution in [1.82, 2.24) is 10.7 Å². The molecular weight excluding hydrogens is 673 g/mol. The van der Waals surface area contributed by atoms with Gasteiger partial charge in [0.2, 0.25) is 11.8 Å². The molecule has 0 radical (unpaired) electrons. The lowest BCUT2D eigenvalue weighted by Gasteiger charge is -2.06. The number of hydrazine groups is 1. The van der Waals surface area contributed by atoms with Gasteiger partial charge in [0.1, 0.15) is 12.8 Å². The summed E-state index contributed by atoms with van der Waals surface area (Å²) in [6, 6.07) is 20.2. The molecule has 9 nitrogen and oxygen atoms in total. The van der Waals surface area contributed by atoms with Gasteiger partial charge < -0.3 is 11.1 Å². The fourth-order valence-electron chi connectivity index (χ4n) is 2.80. The molecule has 6 N–H and O–H groups in total. The van der Waals surface area contributed by atoms with E-state index in [4.69, 9.17) is 63.3 Å². The van der Waals surface area contributed by atoms with Gasteiger partial charge in [-0.05, 0) is 85.6 Å². The zero-order chi connectivity index (χ0) is 34.4. The average Bonchev–Trinajstić information content (AvgIpc) is 2.99. The predicted molar refractivity (Wildman–Crippen MR) is 190 cm³/mol. The van der Waals surface area contributed by atoms with Gasteiger partial charge in [-0.15, -0.1) is 0 Å². The maximum atomic E-state index is 11.1. The Balaban J connectivity index is 0.000000615. The fourth-order valence-corrected chi connectivity index (χ4v) is 3.72. The van der Waals surface area contributed by atoms with Crippen LogP contribution in [-0.2, 0) is 16.0 Å². The van der Waals surface area contributed by atoms with Crippen molar-refractivity contribution in [3.8, 4) is 12.1 Å². The summed E-state index contributed by atoms with van der Waals surface area (Å²) in [4.78, 5) is 25.5. The van der Waals surface area contributed by atoms with Crippen molar-refractivity contribution in [1.29, 1.82) is 10.5 Å². The predicted octanol–water partition coefficient (Wildman–Crippen LogP) is 7.09. The number of isothiocyanates is 1. The molecule has 0 aliphatic heterocycles. The number of halogens is 3. The van der Waals surface area contributed by atoms with Crippen molar-refractivity contribution in [2.75, 3.05) is 12.3 Å². The molecule has 45 heavy (non-hydrogen) atoms. The average molecular weight is 705 g/mol. The summed E-state index contributed by atoms with van der Waals surface area (Å²) in [7, 11) is 0. The summed E-state index contributed by atoms with van der Waals surface area (Å²) in [6.07, 6.45) is 0.275. The Bertz CT molecular complexity index is 1600. The van der Waals surface area contributed by atoms with Crippen molar-refractivity contribution in [3.05, 3.63) is 91.9 Å². The lowest BCUT2D eigenvalue weighted by Crippen LogP contribution is -2.29. The quantitative estimate of drug-likeness (QED) is 0.0504. The number of carbonyl (C=O) groups excluding carboxylic acids is 2. The Labute approximate surface area is 289 Å². The molecule has 0 saturated carbocycles. The first-order chi connectivity index (χ1) is 21.3. The van der Waals surface area contributed by atoms with Crippen LogP contribution in [0.4, 0.5) is 11.4 Å². The second-order valence-electron chi connectivity index (χ2n) is 8.96. The molecule has 0 aliphatic carbocycles. The van der Waals surface area contributed by atoms with E-state index in [1.807, 2.05) is 63.2 Å². The van der Waals surface area contributed by atoms with Gasteiger partial charge >= 0.3 is 0 Å². The number of rotatable bonds is 7. The van der Waals surface area contributed by atoms with Crippen LogP contribution in [0.2, 0.25) is 15.1 Å². The van der Waals surface area contributed by atoms with Crippen LogP contribution in [0.3, 0.4) is 0 Å². The van der Waals surface area contributed by atoms with E-state index in [9.17, 15) is 9.59 Å². The number of nitrogen functional groups attached to an aromatic ring is 1. The third kappa shape index (κ3) is 19.2. The molecule has 3 aromatic carbocycles. The third-order valence-electron chi connectivity index (χ3n) is 5.29. The second-order valence-corrected chi connectivity index (χ2v) is 10.9. The molecule has 0 saturated heterocycles. The van der Waals surface area contributed by atoms with E-state index in [0.29, 0.717) is 33.6 Å². The number of nitriles is 2. The summed E-state index contributed by atoms with van der Waals surface area (Å²) in [6.45, 7) is 6.13. The minimum atomic E-state index is -0.456. The van der Waals surface area contributed by atoms with Gasteiger partial charge in [-0.25, -0.2) is 5.84 Å². The normalized spacial score (nSPS) is 9.00. The van der Waals surface area contributed by atoms with E-state index >= 15 is 0 Å². The van der Waals surface area contributed by atoms with Gasteiger partial charge in [-0.2, -0.15) is 15.5 Å². The second kappa shape index (κ2) is 23.5. The molecule has 0 fully saturated rings. The number of nitrogens with zero attached hydrogens (tertiary/aromatic N) is 3. The van der Waals surface area contributed by atoms with Crippen molar-refractivity contribution < 1.29 is 9.59 Å². The molecule has 0 heterocycles. The van der Waals surface area contributed by atoms with Crippen molar-refractivity contribution >= 4 is 92.5 Å². The van der Waals surface area contributed by atoms with Crippen LogP contribution in [0.5, 0.6) is 0 Å². The number of thiocarbonyl (C=S) groups is 2. The maximum absolute atomic E-state index is 11.1. The molecule has 0 bridgehead atoms. The number of hydrogen-bond donors (Lipinski definition) is 4. The first-order valence-corrected chi connectivity index (χ1v) is 14.8. The SMILES string of the molecule is Cc1ccc(CC(=S)CNC(=O)CC#N)cc1Cl.Cc1ccc(N)cc1Cl.Cc1ccc(N=C=S)cc1Cl.N#CCC(=O)NN. The largest absolute Gasteiger partial charge is 0.399 e. The van der Waals surface area contributed by atoms with Crippen LogP contribution in [0.25, 0.3) is 0 Å². The molecular formula is C31H32Cl3N7O2S2. The van der Waals surface area contributed by atoms with E-state index in [-0.39, 0.29) is 18.7 Å². The van der Waals surface area contributed by atoms with E-state index in [2.05, 4.69) is 33.5 Å². The molecule has 3 aromatic rings. The number of carbonyl (C=O) groups is 2. The number of nitrogens with one attached hydrogen (secondary N) is 2. The monoisotopic (exact) mass is 703 g/mol.